The fourth-order valence-electron chi connectivity index (χ4n) is 2.94. The van der Waals surface area contributed by atoms with E-state index in [0.717, 1.165) is 25.2 Å². The van der Waals surface area contributed by atoms with E-state index in [1.165, 1.54) is 0 Å². The van der Waals surface area contributed by atoms with Crippen LogP contribution < -0.4 is 9.47 Å². The Morgan fingerprint density at radius 3 is 2.48 bits per heavy atom. The normalized spacial score (nSPS) is 17.7. The predicted octanol–water partition coefficient (Wildman–Crippen LogP) is 1.92. The van der Waals surface area contributed by atoms with Gasteiger partial charge in [0, 0.05) is 6.54 Å². The van der Waals surface area contributed by atoms with Crippen LogP contribution in [0.4, 0.5) is 0 Å². The Labute approximate surface area is 136 Å². The molecule has 1 aliphatic rings. The third-order valence-electron chi connectivity index (χ3n) is 4.45. The number of carboxylic acids is 1. The second-order valence-electron chi connectivity index (χ2n) is 5.87. The number of likely N-dealkylation sites (tertiary alicyclic amines) is 1. The van der Waals surface area contributed by atoms with Crippen LogP contribution in [0.3, 0.4) is 0 Å². The summed E-state index contributed by atoms with van der Waals surface area (Å²) in [6.07, 6.45) is 1.39. The first-order valence-corrected chi connectivity index (χ1v) is 7.90. The Morgan fingerprint density at radius 1 is 1.26 bits per heavy atom. The molecule has 1 fully saturated rings. The van der Waals surface area contributed by atoms with Crippen LogP contribution in [0.5, 0.6) is 11.5 Å². The molecule has 0 radical (unpaired) electrons. The van der Waals surface area contributed by atoms with Gasteiger partial charge in [0.1, 0.15) is 0 Å². The minimum absolute atomic E-state index is 0.220. The zero-order valence-electron chi connectivity index (χ0n) is 13.7. The first-order chi connectivity index (χ1) is 11.0. The van der Waals surface area contributed by atoms with E-state index < -0.39 is 12.1 Å². The average Bonchev–Trinajstić information content (AvgIpc) is 2.59. The van der Waals surface area contributed by atoms with Crippen LogP contribution in [0.1, 0.15) is 30.9 Å². The Hall–Kier alpha value is -1.79. The van der Waals surface area contributed by atoms with E-state index in [1.54, 1.807) is 26.4 Å². The Bertz CT molecular complexity index is 526. The number of hydrogen-bond acceptors (Lipinski definition) is 5. The molecule has 1 atom stereocenters. The summed E-state index contributed by atoms with van der Waals surface area (Å²) in [4.78, 5) is 13.2. The van der Waals surface area contributed by atoms with Crippen molar-refractivity contribution in [3.63, 3.8) is 0 Å². The van der Waals surface area contributed by atoms with Crippen LogP contribution in [0, 0.1) is 5.92 Å². The van der Waals surface area contributed by atoms with E-state index in [9.17, 15) is 9.90 Å². The minimum Gasteiger partial charge on any atom is -0.493 e. The molecule has 1 unspecified atom stereocenters. The lowest BCUT2D eigenvalue weighted by atomic mass is 9.96. The second-order valence-corrected chi connectivity index (χ2v) is 5.87. The molecule has 6 heteroatoms. The van der Waals surface area contributed by atoms with Gasteiger partial charge in [-0.3, -0.25) is 4.79 Å². The third kappa shape index (κ3) is 4.59. The van der Waals surface area contributed by atoms with Crippen molar-refractivity contribution in [1.82, 2.24) is 4.90 Å². The highest BCUT2D eigenvalue weighted by molar-refractivity contribution is 5.70. The number of aliphatic hydroxyl groups is 1. The van der Waals surface area contributed by atoms with Gasteiger partial charge in [-0.1, -0.05) is 6.07 Å². The van der Waals surface area contributed by atoms with Crippen LogP contribution in [0.2, 0.25) is 0 Å². The number of hydrogen-bond donors (Lipinski definition) is 2. The lowest BCUT2D eigenvalue weighted by Gasteiger charge is -2.30. The first kappa shape index (κ1) is 17.6. The maximum Gasteiger partial charge on any atom is 0.306 e. The fraction of sp³-hybridized carbons (Fsp3) is 0.588. The molecule has 1 heterocycles. The average molecular weight is 323 g/mol. The third-order valence-corrected chi connectivity index (χ3v) is 4.45. The zero-order valence-corrected chi connectivity index (χ0v) is 13.7. The highest BCUT2D eigenvalue weighted by Crippen LogP contribution is 2.31. The molecule has 23 heavy (non-hydrogen) atoms. The molecular weight excluding hydrogens is 298 g/mol. The van der Waals surface area contributed by atoms with E-state index in [2.05, 4.69) is 4.90 Å². The Morgan fingerprint density at radius 2 is 1.91 bits per heavy atom. The molecule has 0 aromatic heterocycles. The second kappa shape index (κ2) is 8.17. The summed E-state index contributed by atoms with van der Waals surface area (Å²) in [7, 11) is 3.15. The van der Waals surface area contributed by atoms with E-state index in [1.807, 2.05) is 6.07 Å². The number of carboxylic acid groups (broad SMARTS) is 1. The molecule has 2 N–H and O–H groups in total. The zero-order chi connectivity index (χ0) is 16.8. The standard InChI is InChI=1S/C17H25NO5/c1-22-15-4-3-13(11-16(15)23-2)14(19)7-10-18-8-5-12(6-9-18)17(20)21/h3-4,11-12,14,19H,5-10H2,1-2H3,(H,20,21). The molecule has 1 aliphatic heterocycles. The number of aliphatic carboxylic acids is 1. The van der Waals surface area contributed by atoms with Crippen molar-refractivity contribution in [1.29, 1.82) is 0 Å². The number of piperidine rings is 1. The number of methoxy groups -OCH3 is 2. The lowest BCUT2D eigenvalue weighted by molar-refractivity contribution is -0.143. The van der Waals surface area contributed by atoms with E-state index in [0.29, 0.717) is 30.8 Å². The van der Waals surface area contributed by atoms with Gasteiger partial charge in [-0.25, -0.2) is 0 Å². The molecule has 0 aliphatic carbocycles. The molecule has 6 nitrogen and oxygen atoms in total. The maximum atomic E-state index is 10.9. The first-order valence-electron chi connectivity index (χ1n) is 7.90. The summed E-state index contributed by atoms with van der Waals surface area (Å²) in [5.74, 6) is 0.322. The van der Waals surface area contributed by atoms with Crippen LogP contribution in [0.15, 0.2) is 18.2 Å². The molecule has 1 saturated heterocycles. The van der Waals surface area contributed by atoms with Gasteiger partial charge in [0.25, 0.3) is 0 Å². The molecule has 0 bridgehead atoms. The molecule has 0 spiro atoms. The Balaban J connectivity index is 1.85. The largest absolute Gasteiger partial charge is 0.493 e. The fourth-order valence-corrected chi connectivity index (χ4v) is 2.94. The molecule has 2 rings (SSSR count). The van der Waals surface area contributed by atoms with Crippen LogP contribution in [-0.2, 0) is 4.79 Å². The van der Waals surface area contributed by atoms with Crippen molar-refractivity contribution < 1.29 is 24.5 Å². The lowest BCUT2D eigenvalue weighted by Crippen LogP contribution is -2.37. The topological polar surface area (TPSA) is 79.2 Å². The van der Waals surface area contributed by atoms with Gasteiger partial charge in [-0.15, -0.1) is 0 Å². The quantitative estimate of drug-likeness (QED) is 0.798. The number of carbonyl (C=O) groups is 1. The summed E-state index contributed by atoms with van der Waals surface area (Å²) in [6.45, 7) is 2.30. The molecule has 0 amide bonds. The number of benzene rings is 1. The van der Waals surface area contributed by atoms with Gasteiger partial charge in [-0.2, -0.15) is 0 Å². The van der Waals surface area contributed by atoms with Crippen molar-refractivity contribution in [3.8, 4) is 11.5 Å². The van der Waals surface area contributed by atoms with E-state index >= 15 is 0 Å². The van der Waals surface area contributed by atoms with Gasteiger partial charge in [0.15, 0.2) is 11.5 Å². The SMILES string of the molecule is COc1ccc(C(O)CCN2CCC(C(=O)O)CC2)cc1OC. The van der Waals surface area contributed by atoms with Crippen molar-refractivity contribution >= 4 is 5.97 Å². The summed E-state index contributed by atoms with van der Waals surface area (Å²) < 4.78 is 10.4. The van der Waals surface area contributed by atoms with Gasteiger partial charge in [-0.05, 0) is 50.0 Å². The van der Waals surface area contributed by atoms with Crippen LogP contribution in [0.25, 0.3) is 0 Å². The smallest absolute Gasteiger partial charge is 0.306 e. The predicted molar refractivity (Wildman–Crippen MR) is 85.9 cm³/mol. The highest BCUT2D eigenvalue weighted by Gasteiger charge is 2.24. The maximum absolute atomic E-state index is 10.9. The summed E-state index contributed by atoms with van der Waals surface area (Å²) in [5.41, 5.74) is 0.795. The van der Waals surface area contributed by atoms with Crippen molar-refractivity contribution in [2.75, 3.05) is 33.9 Å². The molecule has 128 valence electrons. The van der Waals surface area contributed by atoms with Gasteiger partial charge in [0.05, 0.1) is 26.2 Å². The number of rotatable bonds is 7. The monoisotopic (exact) mass is 323 g/mol. The van der Waals surface area contributed by atoms with Crippen LogP contribution in [-0.4, -0.2) is 54.9 Å². The Kier molecular flexibility index (Phi) is 6.24. The summed E-state index contributed by atoms with van der Waals surface area (Å²) in [5, 5.41) is 19.4. The molecule has 0 saturated carbocycles. The molecular formula is C17H25NO5. The summed E-state index contributed by atoms with van der Waals surface area (Å²) >= 11 is 0. The van der Waals surface area contributed by atoms with E-state index in [4.69, 9.17) is 14.6 Å². The van der Waals surface area contributed by atoms with Gasteiger partial charge < -0.3 is 24.6 Å². The van der Waals surface area contributed by atoms with Crippen molar-refractivity contribution in [2.24, 2.45) is 5.92 Å². The van der Waals surface area contributed by atoms with Gasteiger partial charge >= 0.3 is 5.97 Å². The number of aliphatic hydroxyl groups excluding tert-OH is 1. The molecule has 1 aromatic rings. The van der Waals surface area contributed by atoms with Crippen LogP contribution >= 0.6 is 0 Å². The van der Waals surface area contributed by atoms with Gasteiger partial charge in [0.2, 0.25) is 0 Å². The highest BCUT2D eigenvalue weighted by atomic mass is 16.5. The van der Waals surface area contributed by atoms with Crippen molar-refractivity contribution in [2.45, 2.75) is 25.4 Å². The van der Waals surface area contributed by atoms with Crippen molar-refractivity contribution in [3.05, 3.63) is 23.8 Å². The minimum atomic E-state index is -0.699. The summed E-state index contributed by atoms with van der Waals surface area (Å²) in [6, 6.07) is 5.42. The van der Waals surface area contributed by atoms with E-state index in [-0.39, 0.29) is 5.92 Å². The number of nitrogens with zero attached hydrogens (tertiary/aromatic N) is 1. The number of ether oxygens (including phenoxy) is 2. The molecule has 1 aromatic carbocycles.